The number of hydrogen-bond donors (Lipinski definition) is 2. The molecule has 1 aliphatic rings. The summed E-state index contributed by atoms with van der Waals surface area (Å²) in [5, 5.41) is 2.94. The summed E-state index contributed by atoms with van der Waals surface area (Å²) in [5.41, 5.74) is 6.12. The maximum Gasteiger partial charge on any atom is 0.260 e. The van der Waals surface area contributed by atoms with Gasteiger partial charge < -0.3 is 15.8 Å². The molecule has 1 amide bonds. The monoisotopic (exact) mass is 280 g/mol. The van der Waals surface area contributed by atoms with E-state index in [1.165, 1.54) is 6.07 Å². The van der Waals surface area contributed by atoms with E-state index in [4.69, 9.17) is 10.5 Å². The van der Waals surface area contributed by atoms with E-state index in [-0.39, 0.29) is 24.2 Å². The summed E-state index contributed by atoms with van der Waals surface area (Å²) in [6.45, 7) is 1.79. The molecule has 0 saturated heterocycles. The van der Waals surface area contributed by atoms with Gasteiger partial charge in [0.25, 0.3) is 5.91 Å². The first-order valence-corrected chi connectivity index (χ1v) is 7.06. The molecule has 1 unspecified atom stereocenters. The molecule has 0 bridgehead atoms. The number of carbonyl (C=O) groups excluding carboxylic acids is 1. The van der Waals surface area contributed by atoms with Gasteiger partial charge in [0.05, 0.1) is 0 Å². The van der Waals surface area contributed by atoms with Crippen LogP contribution >= 0.6 is 0 Å². The summed E-state index contributed by atoms with van der Waals surface area (Å²) in [4.78, 5) is 12.0. The van der Waals surface area contributed by atoms with E-state index >= 15 is 0 Å². The van der Waals surface area contributed by atoms with Gasteiger partial charge in [0.1, 0.15) is 0 Å². The van der Waals surface area contributed by atoms with Crippen molar-refractivity contribution in [2.24, 2.45) is 5.73 Å². The van der Waals surface area contributed by atoms with Gasteiger partial charge in [-0.1, -0.05) is 25.0 Å². The average molecular weight is 280 g/mol. The van der Waals surface area contributed by atoms with Crippen LogP contribution in [0.25, 0.3) is 0 Å². The first-order chi connectivity index (χ1) is 9.61. The van der Waals surface area contributed by atoms with Crippen LogP contribution in [0.5, 0.6) is 5.75 Å². The Hall–Kier alpha value is -1.62. The molecule has 3 N–H and O–H groups in total. The van der Waals surface area contributed by atoms with Crippen LogP contribution in [0.2, 0.25) is 0 Å². The molecule has 4 nitrogen and oxygen atoms in total. The van der Waals surface area contributed by atoms with Gasteiger partial charge in [0, 0.05) is 18.2 Å². The molecular formula is C15H21FN2O2. The van der Waals surface area contributed by atoms with Gasteiger partial charge in [0.15, 0.2) is 17.7 Å². The van der Waals surface area contributed by atoms with E-state index in [0.29, 0.717) is 5.56 Å². The Kier molecular flexibility index (Phi) is 4.95. The van der Waals surface area contributed by atoms with E-state index in [1.807, 2.05) is 0 Å². The molecule has 0 spiro atoms. The highest BCUT2D eigenvalue weighted by Gasteiger charge is 2.23. The highest BCUT2D eigenvalue weighted by atomic mass is 19.1. The van der Waals surface area contributed by atoms with Gasteiger partial charge in [-0.25, -0.2) is 4.39 Å². The topological polar surface area (TPSA) is 64.3 Å². The fourth-order valence-electron chi connectivity index (χ4n) is 2.47. The van der Waals surface area contributed by atoms with Crippen molar-refractivity contribution in [2.75, 3.05) is 0 Å². The van der Waals surface area contributed by atoms with Crippen molar-refractivity contribution in [1.82, 2.24) is 5.32 Å². The van der Waals surface area contributed by atoms with Crippen molar-refractivity contribution in [3.05, 3.63) is 29.6 Å². The van der Waals surface area contributed by atoms with Crippen LogP contribution in [0, 0.1) is 5.82 Å². The SMILES string of the molecule is CC(Oc1c(F)cccc1CN)C(=O)NC1CCCC1. The molecule has 20 heavy (non-hydrogen) atoms. The molecule has 0 radical (unpaired) electrons. The maximum absolute atomic E-state index is 13.8. The first kappa shape index (κ1) is 14.8. The number of para-hydroxylation sites is 1. The molecule has 0 aromatic heterocycles. The lowest BCUT2D eigenvalue weighted by atomic mass is 10.2. The van der Waals surface area contributed by atoms with Crippen molar-refractivity contribution in [2.45, 2.75) is 51.3 Å². The predicted octanol–water partition coefficient (Wildman–Crippen LogP) is 2.11. The minimum absolute atomic E-state index is 0.0732. The Bertz CT molecular complexity index is 473. The number of nitrogens with one attached hydrogen (secondary N) is 1. The Morgan fingerprint density at radius 3 is 2.85 bits per heavy atom. The molecule has 5 heteroatoms. The predicted molar refractivity (Wildman–Crippen MR) is 74.8 cm³/mol. The number of amides is 1. The summed E-state index contributed by atoms with van der Waals surface area (Å²) in [5.74, 6) is -0.624. The lowest BCUT2D eigenvalue weighted by molar-refractivity contribution is -0.128. The van der Waals surface area contributed by atoms with Gasteiger partial charge in [-0.2, -0.15) is 0 Å². The third kappa shape index (κ3) is 3.48. The molecule has 1 aromatic rings. The smallest absolute Gasteiger partial charge is 0.260 e. The van der Waals surface area contributed by atoms with Crippen LogP contribution in [-0.4, -0.2) is 18.1 Å². The second-order valence-electron chi connectivity index (χ2n) is 5.18. The molecular weight excluding hydrogens is 259 g/mol. The fraction of sp³-hybridized carbons (Fsp3) is 0.533. The summed E-state index contributed by atoms with van der Waals surface area (Å²) in [7, 11) is 0. The third-order valence-corrected chi connectivity index (χ3v) is 3.63. The van der Waals surface area contributed by atoms with E-state index in [9.17, 15) is 9.18 Å². The highest BCUT2D eigenvalue weighted by molar-refractivity contribution is 5.81. The summed E-state index contributed by atoms with van der Waals surface area (Å²) in [6.07, 6.45) is 3.56. The van der Waals surface area contributed by atoms with Crippen molar-refractivity contribution in [3.8, 4) is 5.75 Å². The van der Waals surface area contributed by atoms with E-state index in [0.717, 1.165) is 25.7 Å². The largest absolute Gasteiger partial charge is 0.477 e. The lowest BCUT2D eigenvalue weighted by Gasteiger charge is -2.19. The molecule has 1 aromatic carbocycles. The summed E-state index contributed by atoms with van der Waals surface area (Å²) >= 11 is 0. The van der Waals surface area contributed by atoms with Gasteiger partial charge in [-0.15, -0.1) is 0 Å². The quantitative estimate of drug-likeness (QED) is 0.868. The molecule has 2 rings (SSSR count). The van der Waals surface area contributed by atoms with Crippen molar-refractivity contribution in [1.29, 1.82) is 0 Å². The Balaban J connectivity index is 1.99. The van der Waals surface area contributed by atoms with Crippen molar-refractivity contribution < 1.29 is 13.9 Å². The van der Waals surface area contributed by atoms with Crippen molar-refractivity contribution in [3.63, 3.8) is 0 Å². The number of benzene rings is 1. The second kappa shape index (κ2) is 6.70. The minimum Gasteiger partial charge on any atom is -0.477 e. The third-order valence-electron chi connectivity index (χ3n) is 3.63. The van der Waals surface area contributed by atoms with Crippen LogP contribution in [0.1, 0.15) is 38.2 Å². The van der Waals surface area contributed by atoms with E-state index < -0.39 is 11.9 Å². The molecule has 1 fully saturated rings. The van der Waals surface area contributed by atoms with Gasteiger partial charge >= 0.3 is 0 Å². The first-order valence-electron chi connectivity index (χ1n) is 7.06. The summed E-state index contributed by atoms with van der Waals surface area (Å²) in [6, 6.07) is 4.80. The average Bonchev–Trinajstić information content (AvgIpc) is 2.93. The zero-order valence-electron chi connectivity index (χ0n) is 11.7. The highest BCUT2D eigenvalue weighted by Crippen LogP contribution is 2.24. The van der Waals surface area contributed by atoms with Crippen LogP contribution in [-0.2, 0) is 11.3 Å². The fourth-order valence-corrected chi connectivity index (χ4v) is 2.47. The molecule has 0 heterocycles. The molecule has 1 aliphatic carbocycles. The van der Waals surface area contributed by atoms with Crippen LogP contribution in [0.4, 0.5) is 4.39 Å². The Labute approximate surface area is 118 Å². The van der Waals surface area contributed by atoms with Crippen LogP contribution in [0.15, 0.2) is 18.2 Å². The number of halogens is 1. The molecule has 0 aliphatic heterocycles. The number of rotatable bonds is 5. The number of ether oxygens (including phenoxy) is 1. The van der Waals surface area contributed by atoms with Gasteiger partial charge in [-0.3, -0.25) is 4.79 Å². The maximum atomic E-state index is 13.8. The summed E-state index contributed by atoms with van der Waals surface area (Å²) < 4.78 is 19.2. The molecule has 110 valence electrons. The Morgan fingerprint density at radius 1 is 1.50 bits per heavy atom. The van der Waals surface area contributed by atoms with Gasteiger partial charge in [-0.05, 0) is 25.8 Å². The number of nitrogens with two attached hydrogens (primary N) is 1. The second-order valence-corrected chi connectivity index (χ2v) is 5.18. The minimum atomic E-state index is -0.738. The standard InChI is InChI=1S/C15H21FN2O2/c1-10(15(19)18-12-6-2-3-7-12)20-14-11(9-17)5-4-8-13(14)16/h4-5,8,10,12H,2-3,6-7,9,17H2,1H3,(H,18,19). The molecule has 1 saturated carbocycles. The zero-order chi connectivity index (χ0) is 14.5. The number of hydrogen-bond acceptors (Lipinski definition) is 3. The van der Waals surface area contributed by atoms with Gasteiger partial charge in [0.2, 0.25) is 0 Å². The Morgan fingerprint density at radius 2 is 2.20 bits per heavy atom. The van der Waals surface area contributed by atoms with E-state index in [1.54, 1.807) is 19.1 Å². The number of carbonyl (C=O) groups is 1. The van der Waals surface area contributed by atoms with Crippen molar-refractivity contribution >= 4 is 5.91 Å². The van der Waals surface area contributed by atoms with E-state index in [2.05, 4.69) is 5.32 Å². The van der Waals surface area contributed by atoms with Crippen LogP contribution < -0.4 is 15.8 Å². The molecule has 1 atom stereocenters. The normalized spacial score (nSPS) is 16.9. The lowest BCUT2D eigenvalue weighted by Crippen LogP contribution is -2.41. The zero-order valence-corrected chi connectivity index (χ0v) is 11.7. The van der Waals surface area contributed by atoms with Crippen LogP contribution in [0.3, 0.4) is 0 Å².